The number of hydrogen-bond acceptors (Lipinski definition) is 3. The zero-order valence-corrected chi connectivity index (χ0v) is 14.4. The van der Waals surface area contributed by atoms with Gasteiger partial charge in [-0.15, -0.1) is 0 Å². The second-order valence-corrected chi connectivity index (χ2v) is 7.56. The summed E-state index contributed by atoms with van der Waals surface area (Å²) in [5.74, 6) is 0.0513. The van der Waals surface area contributed by atoms with Crippen molar-refractivity contribution in [3.8, 4) is 0 Å². The number of fused-ring (bicyclic) bond motifs is 1. The van der Waals surface area contributed by atoms with Crippen molar-refractivity contribution < 1.29 is 9.59 Å². The van der Waals surface area contributed by atoms with Gasteiger partial charge in [0.15, 0.2) is 0 Å². The van der Waals surface area contributed by atoms with Crippen LogP contribution in [0, 0.1) is 5.92 Å². The van der Waals surface area contributed by atoms with Crippen molar-refractivity contribution in [2.45, 2.75) is 64.0 Å². The molecule has 4 rings (SSSR count). The van der Waals surface area contributed by atoms with E-state index in [0.29, 0.717) is 25.6 Å². The summed E-state index contributed by atoms with van der Waals surface area (Å²) in [6.45, 7) is 1.14. The number of rotatable bonds is 4. The van der Waals surface area contributed by atoms with Crippen LogP contribution in [-0.2, 0) is 29.0 Å². The number of nitrogens with zero attached hydrogens (tertiary/aromatic N) is 3. The van der Waals surface area contributed by atoms with E-state index in [1.807, 2.05) is 11.9 Å². The Morgan fingerprint density at radius 1 is 1.29 bits per heavy atom. The minimum absolute atomic E-state index is 0.0804. The van der Waals surface area contributed by atoms with E-state index in [4.69, 9.17) is 0 Å². The summed E-state index contributed by atoms with van der Waals surface area (Å²) in [5.41, 5.74) is 3.57. The minimum Gasteiger partial charge on any atom is -0.339 e. The van der Waals surface area contributed by atoms with E-state index in [-0.39, 0.29) is 17.7 Å². The topological polar surface area (TPSA) is 69.3 Å². The molecule has 1 saturated carbocycles. The molecule has 1 aromatic heterocycles. The van der Waals surface area contributed by atoms with Crippen LogP contribution in [0.5, 0.6) is 0 Å². The third-order valence-corrected chi connectivity index (χ3v) is 5.65. The largest absolute Gasteiger partial charge is 0.339 e. The van der Waals surface area contributed by atoms with Gasteiger partial charge in [-0.3, -0.25) is 14.7 Å². The van der Waals surface area contributed by atoms with E-state index >= 15 is 0 Å². The molecule has 2 amide bonds. The lowest BCUT2D eigenvalue weighted by atomic mass is 10.1. The molecule has 1 N–H and O–H groups in total. The van der Waals surface area contributed by atoms with Crippen molar-refractivity contribution in [2.75, 3.05) is 13.6 Å². The average Bonchev–Trinajstić information content (AvgIpc) is 3.30. The minimum atomic E-state index is -0.180. The Balaban J connectivity index is 1.41. The van der Waals surface area contributed by atoms with Crippen LogP contribution in [0.2, 0.25) is 0 Å². The Morgan fingerprint density at radius 2 is 2.08 bits per heavy atom. The predicted molar refractivity (Wildman–Crippen MR) is 89.2 cm³/mol. The molecular formula is C18H26N4O2. The first kappa shape index (κ1) is 15.7. The van der Waals surface area contributed by atoms with Crippen molar-refractivity contribution in [1.29, 1.82) is 0 Å². The molecule has 2 heterocycles. The highest BCUT2D eigenvalue weighted by molar-refractivity contribution is 5.89. The number of aromatic amines is 1. The van der Waals surface area contributed by atoms with Gasteiger partial charge in [-0.05, 0) is 44.1 Å². The van der Waals surface area contributed by atoms with Crippen LogP contribution in [0.4, 0.5) is 0 Å². The van der Waals surface area contributed by atoms with Gasteiger partial charge in [0.2, 0.25) is 11.8 Å². The van der Waals surface area contributed by atoms with Crippen LogP contribution < -0.4 is 0 Å². The van der Waals surface area contributed by atoms with Gasteiger partial charge in [0.1, 0.15) is 0 Å². The van der Waals surface area contributed by atoms with Gasteiger partial charge in [0, 0.05) is 31.7 Å². The fraction of sp³-hybridized carbons (Fsp3) is 0.722. The maximum Gasteiger partial charge on any atom is 0.228 e. The van der Waals surface area contributed by atoms with Crippen LogP contribution in [-0.4, -0.2) is 51.4 Å². The quantitative estimate of drug-likeness (QED) is 0.854. The van der Waals surface area contributed by atoms with Gasteiger partial charge in [-0.1, -0.05) is 6.42 Å². The van der Waals surface area contributed by atoms with Crippen LogP contribution >= 0.6 is 0 Å². The Bertz CT molecular complexity index is 649. The lowest BCUT2D eigenvalue weighted by Gasteiger charge is -2.21. The van der Waals surface area contributed by atoms with Gasteiger partial charge in [-0.2, -0.15) is 5.10 Å². The van der Waals surface area contributed by atoms with Gasteiger partial charge < -0.3 is 9.80 Å². The van der Waals surface area contributed by atoms with Gasteiger partial charge in [-0.25, -0.2) is 0 Å². The molecule has 0 unspecified atom stereocenters. The highest BCUT2D eigenvalue weighted by Gasteiger charge is 2.42. The monoisotopic (exact) mass is 330 g/mol. The summed E-state index contributed by atoms with van der Waals surface area (Å²) in [4.78, 5) is 28.5. The number of hydrogen-bond donors (Lipinski definition) is 1. The molecule has 0 spiro atoms. The SMILES string of the molecule is CN(Cc1n[nH]c2c1CCCCC2)C(=O)[C@H]1CC(=O)N(C2CC2)C1. The molecule has 3 aliphatic rings. The average molecular weight is 330 g/mol. The Hall–Kier alpha value is -1.85. The lowest BCUT2D eigenvalue weighted by Crippen LogP contribution is -2.35. The zero-order chi connectivity index (χ0) is 16.7. The highest BCUT2D eigenvalue weighted by atomic mass is 16.2. The smallest absolute Gasteiger partial charge is 0.228 e. The molecule has 0 radical (unpaired) electrons. The first-order valence-corrected chi connectivity index (χ1v) is 9.23. The number of likely N-dealkylation sites (tertiary alicyclic amines) is 1. The van der Waals surface area contributed by atoms with E-state index in [1.54, 1.807) is 4.90 Å². The molecule has 6 nitrogen and oxygen atoms in total. The molecule has 6 heteroatoms. The summed E-state index contributed by atoms with van der Waals surface area (Å²) in [6.07, 6.45) is 8.36. The standard InChI is InChI=1S/C18H26N4O2/c1-21(11-16-14-5-3-2-4-6-15(14)19-20-16)18(24)12-9-17(23)22(10-12)13-7-8-13/h12-13H,2-11H2,1H3,(H,19,20)/t12-/m0/s1. The second-order valence-electron chi connectivity index (χ2n) is 7.56. The highest BCUT2D eigenvalue weighted by Crippen LogP contribution is 2.33. The maximum absolute atomic E-state index is 12.8. The number of nitrogens with one attached hydrogen (secondary N) is 1. The van der Waals surface area contributed by atoms with Crippen LogP contribution in [0.1, 0.15) is 55.5 Å². The van der Waals surface area contributed by atoms with E-state index in [2.05, 4.69) is 10.2 Å². The van der Waals surface area contributed by atoms with Crippen molar-refractivity contribution >= 4 is 11.8 Å². The molecule has 2 aliphatic carbocycles. The van der Waals surface area contributed by atoms with Crippen molar-refractivity contribution in [3.63, 3.8) is 0 Å². The summed E-state index contributed by atoms with van der Waals surface area (Å²) in [7, 11) is 1.84. The summed E-state index contributed by atoms with van der Waals surface area (Å²) in [5, 5.41) is 7.63. The molecule has 1 atom stereocenters. The summed E-state index contributed by atoms with van der Waals surface area (Å²) < 4.78 is 0. The van der Waals surface area contributed by atoms with Crippen molar-refractivity contribution in [3.05, 3.63) is 17.0 Å². The molecule has 24 heavy (non-hydrogen) atoms. The van der Waals surface area contributed by atoms with Gasteiger partial charge in [0.05, 0.1) is 18.2 Å². The van der Waals surface area contributed by atoms with E-state index in [1.165, 1.54) is 30.5 Å². The third-order valence-electron chi connectivity index (χ3n) is 5.65. The number of carbonyl (C=O) groups is 2. The van der Waals surface area contributed by atoms with E-state index in [0.717, 1.165) is 31.4 Å². The van der Waals surface area contributed by atoms with Crippen LogP contribution in [0.3, 0.4) is 0 Å². The van der Waals surface area contributed by atoms with Gasteiger partial charge in [0.25, 0.3) is 0 Å². The van der Waals surface area contributed by atoms with E-state index < -0.39 is 0 Å². The predicted octanol–water partition coefficient (Wildman–Crippen LogP) is 1.65. The van der Waals surface area contributed by atoms with Crippen molar-refractivity contribution in [1.82, 2.24) is 20.0 Å². The van der Waals surface area contributed by atoms with Crippen LogP contribution in [0.15, 0.2) is 0 Å². The molecule has 0 bridgehead atoms. The molecule has 1 aromatic rings. The Morgan fingerprint density at radius 3 is 2.88 bits per heavy atom. The first-order valence-electron chi connectivity index (χ1n) is 9.23. The normalized spacial score (nSPS) is 24.0. The zero-order valence-electron chi connectivity index (χ0n) is 14.4. The molecule has 0 aromatic carbocycles. The molecule has 1 saturated heterocycles. The lowest BCUT2D eigenvalue weighted by molar-refractivity contribution is -0.135. The fourth-order valence-corrected chi connectivity index (χ4v) is 4.11. The molecule has 1 aliphatic heterocycles. The number of aryl methyl sites for hydroxylation is 1. The number of aromatic nitrogens is 2. The Kier molecular flexibility index (Phi) is 4.06. The van der Waals surface area contributed by atoms with E-state index in [9.17, 15) is 9.59 Å². The Labute approximate surface area is 142 Å². The van der Waals surface area contributed by atoms with Gasteiger partial charge >= 0.3 is 0 Å². The third kappa shape index (κ3) is 2.94. The molecular weight excluding hydrogens is 304 g/mol. The fourth-order valence-electron chi connectivity index (χ4n) is 4.11. The number of carbonyl (C=O) groups excluding carboxylic acids is 2. The second kappa shape index (κ2) is 6.22. The number of amides is 2. The summed E-state index contributed by atoms with van der Waals surface area (Å²) >= 11 is 0. The maximum atomic E-state index is 12.8. The van der Waals surface area contributed by atoms with Crippen LogP contribution in [0.25, 0.3) is 0 Å². The first-order chi connectivity index (χ1) is 11.6. The number of H-pyrrole nitrogens is 1. The molecule has 2 fully saturated rings. The molecule has 130 valence electrons. The van der Waals surface area contributed by atoms with Crippen molar-refractivity contribution in [2.24, 2.45) is 5.92 Å². The summed E-state index contributed by atoms with van der Waals surface area (Å²) in [6, 6.07) is 0.405.